The summed E-state index contributed by atoms with van der Waals surface area (Å²) < 4.78 is 16.8. The highest BCUT2D eigenvalue weighted by molar-refractivity contribution is 6.12. The van der Waals surface area contributed by atoms with Gasteiger partial charge in [-0.1, -0.05) is 24.3 Å². The molecule has 2 aromatic carbocycles. The molecule has 0 spiro atoms. The van der Waals surface area contributed by atoms with E-state index in [9.17, 15) is 4.79 Å². The van der Waals surface area contributed by atoms with Crippen LogP contribution in [0.5, 0.6) is 5.75 Å². The van der Waals surface area contributed by atoms with E-state index in [-0.39, 0.29) is 11.8 Å². The molecule has 1 aliphatic heterocycles. The minimum atomic E-state index is -0.183. The zero-order chi connectivity index (χ0) is 23.5. The number of carbonyl (C=O) groups is 1. The number of benzene rings is 2. The number of allylic oxidation sites excluding steroid dienone is 1. The third-order valence-electron chi connectivity index (χ3n) is 5.27. The second-order valence-electron chi connectivity index (χ2n) is 7.58. The Kier molecular flexibility index (Phi) is 5.65. The van der Waals surface area contributed by atoms with E-state index in [4.69, 9.17) is 13.6 Å². The van der Waals surface area contributed by atoms with Gasteiger partial charge in [-0.3, -0.25) is 9.79 Å². The molecule has 0 aliphatic carbocycles. The Labute approximate surface area is 195 Å². The SMILES string of the molecule is COc1cc(Nc2ncc(-c3ccccc3C(=O)C3=CN(C)CC=N3)o2)ccc1-c1cnco1. The van der Waals surface area contributed by atoms with Gasteiger partial charge in [0.2, 0.25) is 5.78 Å². The topological polar surface area (TPSA) is 106 Å². The maximum Gasteiger partial charge on any atom is 0.299 e. The van der Waals surface area contributed by atoms with Crippen molar-refractivity contribution < 1.29 is 18.4 Å². The average Bonchev–Trinajstić information content (AvgIpc) is 3.56. The highest BCUT2D eigenvalue weighted by Crippen LogP contribution is 2.34. The summed E-state index contributed by atoms with van der Waals surface area (Å²) >= 11 is 0. The second kappa shape index (κ2) is 9.07. The summed E-state index contributed by atoms with van der Waals surface area (Å²) in [4.78, 5) is 27.6. The Balaban J connectivity index is 1.40. The van der Waals surface area contributed by atoms with Crippen molar-refractivity contribution >= 4 is 23.7 Å². The van der Waals surface area contributed by atoms with Crippen molar-refractivity contribution in [1.82, 2.24) is 14.9 Å². The summed E-state index contributed by atoms with van der Waals surface area (Å²) in [7, 11) is 3.48. The van der Waals surface area contributed by atoms with E-state index in [0.29, 0.717) is 46.3 Å². The van der Waals surface area contributed by atoms with Crippen LogP contribution in [-0.2, 0) is 0 Å². The number of hydrogen-bond acceptors (Lipinski definition) is 9. The van der Waals surface area contributed by atoms with Crippen LogP contribution in [0.25, 0.3) is 22.6 Å². The summed E-state index contributed by atoms with van der Waals surface area (Å²) in [5.41, 5.74) is 2.98. The number of oxazole rings is 2. The van der Waals surface area contributed by atoms with Gasteiger partial charge < -0.3 is 23.8 Å². The van der Waals surface area contributed by atoms with Crippen molar-refractivity contribution in [1.29, 1.82) is 0 Å². The summed E-state index contributed by atoms with van der Waals surface area (Å²) in [6, 6.07) is 13.0. The first kappa shape index (κ1) is 21.2. The summed E-state index contributed by atoms with van der Waals surface area (Å²) in [5.74, 6) is 1.49. The van der Waals surface area contributed by atoms with Crippen LogP contribution in [0.15, 0.2) is 87.0 Å². The lowest BCUT2D eigenvalue weighted by Crippen LogP contribution is -2.20. The first-order valence-corrected chi connectivity index (χ1v) is 10.5. The number of nitrogens with one attached hydrogen (secondary N) is 1. The molecule has 0 fully saturated rings. The van der Waals surface area contributed by atoms with Crippen LogP contribution >= 0.6 is 0 Å². The lowest BCUT2D eigenvalue weighted by Gasteiger charge is -2.16. The zero-order valence-electron chi connectivity index (χ0n) is 18.6. The molecule has 1 N–H and O–H groups in total. The van der Waals surface area contributed by atoms with Gasteiger partial charge in [-0.25, -0.2) is 9.97 Å². The van der Waals surface area contributed by atoms with Crippen LogP contribution in [0, 0.1) is 0 Å². The van der Waals surface area contributed by atoms with Gasteiger partial charge in [0.05, 0.1) is 31.6 Å². The van der Waals surface area contributed by atoms with Gasteiger partial charge in [-0.2, -0.15) is 0 Å². The highest BCUT2D eigenvalue weighted by Gasteiger charge is 2.20. The number of ketones is 1. The number of anilines is 2. The molecule has 0 bridgehead atoms. The number of hydrogen-bond donors (Lipinski definition) is 1. The van der Waals surface area contributed by atoms with Crippen molar-refractivity contribution in [2.24, 2.45) is 4.99 Å². The smallest absolute Gasteiger partial charge is 0.299 e. The van der Waals surface area contributed by atoms with E-state index in [1.165, 1.54) is 6.39 Å². The van der Waals surface area contributed by atoms with E-state index >= 15 is 0 Å². The Morgan fingerprint density at radius 2 is 2.00 bits per heavy atom. The molecule has 1 aliphatic rings. The first-order valence-electron chi connectivity index (χ1n) is 10.5. The number of methoxy groups -OCH3 is 1. The number of carbonyl (C=O) groups excluding carboxylic acids is 1. The minimum Gasteiger partial charge on any atom is -0.496 e. The number of aliphatic imine (C=N–C) groups is 1. The molecule has 34 heavy (non-hydrogen) atoms. The van der Waals surface area contributed by atoms with E-state index in [1.54, 1.807) is 38.0 Å². The maximum atomic E-state index is 13.1. The van der Waals surface area contributed by atoms with Crippen LogP contribution in [0.4, 0.5) is 11.7 Å². The standard InChI is InChI=1S/C25H21N5O4/c1-30-10-9-27-20(14-30)24(31)18-6-4-3-5-17(18)23-13-28-25(34-23)29-16-7-8-19(21(11-16)32-2)22-12-26-15-33-22/h3-9,11-15H,10H2,1-2H3,(H,28,29). The van der Waals surface area contributed by atoms with Crippen LogP contribution < -0.4 is 10.1 Å². The molecular formula is C25H21N5O4. The number of aromatic nitrogens is 2. The third-order valence-corrected chi connectivity index (χ3v) is 5.27. The number of nitrogens with zero attached hydrogens (tertiary/aromatic N) is 4. The molecule has 0 radical (unpaired) electrons. The van der Waals surface area contributed by atoms with Gasteiger partial charge in [-0.05, 0) is 12.1 Å². The fourth-order valence-electron chi connectivity index (χ4n) is 3.62. The van der Waals surface area contributed by atoms with Crippen molar-refractivity contribution in [2.45, 2.75) is 0 Å². The molecule has 4 aromatic rings. The van der Waals surface area contributed by atoms with Gasteiger partial charge in [0.15, 0.2) is 17.9 Å². The summed E-state index contributed by atoms with van der Waals surface area (Å²) in [5, 5.41) is 3.13. The lowest BCUT2D eigenvalue weighted by atomic mass is 10.0. The molecule has 2 aromatic heterocycles. The third kappa shape index (κ3) is 4.18. The van der Waals surface area contributed by atoms with Crippen LogP contribution in [0.3, 0.4) is 0 Å². The van der Waals surface area contributed by atoms with Crippen molar-refractivity contribution in [3.05, 3.63) is 78.7 Å². The van der Waals surface area contributed by atoms with Gasteiger partial charge in [0.1, 0.15) is 11.4 Å². The number of Topliss-reactive ketones (excluding diaryl/α,β-unsaturated/α-hetero) is 1. The Bertz CT molecular complexity index is 1390. The van der Waals surface area contributed by atoms with Gasteiger partial charge in [-0.15, -0.1) is 0 Å². The molecule has 0 saturated heterocycles. The molecule has 170 valence electrons. The van der Waals surface area contributed by atoms with Gasteiger partial charge >= 0.3 is 0 Å². The molecule has 0 amide bonds. The molecule has 0 atom stereocenters. The zero-order valence-corrected chi connectivity index (χ0v) is 18.6. The Morgan fingerprint density at radius 3 is 2.79 bits per heavy atom. The molecule has 5 rings (SSSR count). The monoisotopic (exact) mass is 455 g/mol. The highest BCUT2D eigenvalue weighted by atomic mass is 16.5. The predicted molar refractivity (Wildman–Crippen MR) is 127 cm³/mol. The number of ether oxygens (including phenoxy) is 1. The van der Waals surface area contributed by atoms with Gasteiger partial charge in [0.25, 0.3) is 6.01 Å². The van der Waals surface area contributed by atoms with E-state index in [0.717, 1.165) is 5.56 Å². The first-order chi connectivity index (χ1) is 16.6. The lowest BCUT2D eigenvalue weighted by molar-refractivity contribution is 0.103. The predicted octanol–water partition coefficient (Wildman–Crippen LogP) is 4.79. The summed E-state index contributed by atoms with van der Waals surface area (Å²) in [6.45, 7) is 0.666. The Hall–Kier alpha value is -4.66. The van der Waals surface area contributed by atoms with Crippen molar-refractivity contribution in [2.75, 3.05) is 26.0 Å². The van der Waals surface area contributed by atoms with Crippen LogP contribution in [-0.4, -0.2) is 47.6 Å². The quantitative estimate of drug-likeness (QED) is 0.397. The summed E-state index contributed by atoms with van der Waals surface area (Å²) in [6.07, 6.45) is 8.03. The van der Waals surface area contributed by atoms with E-state index in [2.05, 4.69) is 20.3 Å². The average molecular weight is 455 g/mol. The largest absolute Gasteiger partial charge is 0.496 e. The van der Waals surface area contributed by atoms with E-state index < -0.39 is 0 Å². The fraction of sp³-hybridized carbons (Fsp3) is 0.120. The van der Waals surface area contributed by atoms with E-state index in [1.807, 2.05) is 48.3 Å². The molecule has 9 heteroatoms. The van der Waals surface area contributed by atoms with Crippen molar-refractivity contribution in [3.63, 3.8) is 0 Å². The molecule has 0 unspecified atom stereocenters. The maximum absolute atomic E-state index is 13.1. The van der Waals surface area contributed by atoms with Crippen molar-refractivity contribution in [3.8, 4) is 28.4 Å². The number of rotatable bonds is 7. The van der Waals surface area contributed by atoms with Gasteiger partial charge in [0, 0.05) is 42.3 Å². The minimum absolute atomic E-state index is 0.183. The normalized spacial score (nSPS) is 13.0. The fourth-order valence-corrected chi connectivity index (χ4v) is 3.62. The second-order valence-corrected chi connectivity index (χ2v) is 7.58. The molecule has 3 heterocycles. The molecule has 0 saturated carbocycles. The Morgan fingerprint density at radius 1 is 1.12 bits per heavy atom. The van der Waals surface area contributed by atoms with Crippen LogP contribution in [0.1, 0.15) is 10.4 Å². The molecule has 9 nitrogen and oxygen atoms in total. The molecular weight excluding hydrogens is 434 g/mol. The van der Waals surface area contributed by atoms with Crippen LogP contribution in [0.2, 0.25) is 0 Å².